The third-order valence-electron chi connectivity index (χ3n) is 3.60. The van der Waals surface area contributed by atoms with Crippen molar-refractivity contribution in [2.75, 3.05) is 0 Å². The number of hydrogen-bond donors (Lipinski definition) is 1. The highest BCUT2D eigenvalue weighted by atomic mass is 16.5. The van der Waals surface area contributed by atoms with Gasteiger partial charge < -0.3 is 14.4 Å². The molecule has 0 aliphatic rings. The Hall–Kier alpha value is -3.03. The summed E-state index contributed by atoms with van der Waals surface area (Å²) in [4.78, 5) is 20.6. The van der Waals surface area contributed by atoms with Crippen LogP contribution in [-0.4, -0.2) is 26.2 Å². The summed E-state index contributed by atoms with van der Waals surface area (Å²) in [6.45, 7) is 5.36. The van der Waals surface area contributed by atoms with Crippen LogP contribution in [0.5, 0.6) is 0 Å². The lowest BCUT2D eigenvalue weighted by Crippen LogP contribution is -2.28. The first-order valence-corrected chi connectivity index (χ1v) is 7.50. The average Bonchev–Trinajstić information content (AvgIpc) is 3.18. The van der Waals surface area contributed by atoms with Gasteiger partial charge in [0.15, 0.2) is 0 Å². The number of carbonyl (C=O) groups is 1. The SMILES string of the molecule is Cc1noc(C)c1CC(=O)NC(C)c1nc(-c2ccccn2)no1. The fourth-order valence-corrected chi connectivity index (χ4v) is 2.28. The van der Waals surface area contributed by atoms with E-state index in [0.29, 0.717) is 28.9 Å². The first kappa shape index (κ1) is 15.9. The minimum absolute atomic E-state index is 0.172. The van der Waals surface area contributed by atoms with Crippen LogP contribution in [0.1, 0.15) is 35.9 Å². The molecule has 1 N–H and O–H groups in total. The number of rotatable bonds is 5. The minimum Gasteiger partial charge on any atom is -0.361 e. The molecule has 3 aromatic heterocycles. The molecule has 3 aromatic rings. The van der Waals surface area contributed by atoms with Crippen molar-refractivity contribution < 1.29 is 13.8 Å². The van der Waals surface area contributed by atoms with Crippen molar-refractivity contribution in [2.45, 2.75) is 33.2 Å². The smallest absolute Gasteiger partial charge is 0.249 e. The Morgan fingerprint density at radius 3 is 2.75 bits per heavy atom. The topological polar surface area (TPSA) is 107 Å². The molecule has 124 valence electrons. The highest BCUT2D eigenvalue weighted by Gasteiger charge is 2.20. The number of aryl methyl sites for hydroxylation is 2. The van der Waals surface area contributed by atoms with E-state index in [1.807, 2.05) is 12.1 Å². The van der Waals surface area contributed by atoms with Crippen LogP contribution < -0.4 is 5.32 Å². The van der Waals surface area contributed by atoms with Crippen molar-refractivity contribution in [3.05, 3.63) is 47.3 Å². The van der Waals surface area contributed by atoms with Crippen molar-refractivity contribution in [2.24, 2.45) is 0 Å². The first-order chi connectivity index (χ1) is 11.5. The van der Waals surface area contributed by atoms with Gasteiger partial charge in [-0.15, -0.1) is 0 Å². The standard InChI is InChI=1S/C16H17N5O3/c1-9-12(11(3)23-20-9)8-14(22)18-10(2)16-19-15(21-24-16)13-6-4-5-7-17-13/h4-7,10H,8H2,1-3H3,(H,18,22). The molecule has 0 radical (unpaired) electrons. The number of aromatic nitrogens is 4. The van der Waals surface area contributed by atoms with Crippen molar-refractivity contribution >= 4 is 5.91 Å². The molecule has 8 nitrogen and oxygen atoms in total. The van der Waals surface area contributed by atoms with Gasteiger partial charge in [0.05, 0.1) is 12.1 Å². The van der Waals surface area contributed by atoms with Crippen LogP contribution in [0.4, 0.5) is 0 Å². The monoisotopic (exact) mass is 327 g/mol. The molecule has 1 unspecified atom stereocenters. The maximum absolute atomic E-state index is 12.2. The molecule has 24 heavy (non-hydrogen) atoms. The van der Waals surface area contributed by atoms with Crippen molar-refractivity contribution in [1.82, 2.24) is 25.6 Å². The van der Waals surface area contributed by atoms with Crippen molar-refractivity contribution in [1.29, 1.82) is 0 Å². The first-order valence-electron chi connectivity index (χ1n) is 7.50. The number of amides is 1. The second-order valence-electron chi connectivity index (χ2n) is 5.44. The third kappa shape index (κ3) is 3.32. The molecule has 1 atom stereocenters. The molecular weight excluding hydrogens is 310 g/mol. The lowest BCUT2D eigenvalue weighted by molar-refractivity contribution is -0.121. The van der Waals surface area contributed by atoms with Crippen LogP contribution >= 0.6 is 0 Å². The van der Waals surface area contributed by atoms with Crippen LogP contribution in [0.15, 0.2) is 33.4 Å². The predicted octanol–water partition coefficient (Wildman–Crippen LogP) is 2.16. The summed E-state index contributed by atoms with van der Waals surface area (Å²) in [7, 11) is 0. The Morgan fingerprint density at radius 2 is 2.08 bits per heavy atom. The number of pyridine rings is 1. The summed E-state index contributed by atoms with van der Waals surface area (Å²) in [5, 5.41) is 10.6. The summed E-state index contributed by atoms with van der Waals surface area (Å²) in [6, 6.07) is 5.02. The van der Waals surface area contributed by atoms with E-state index >= 15 is 0 Å². The normalized spacial score (nSPS) is 12.1. The Kier molecular flexibility index (Phi) is 4.37. The van der Waals surface area contributed by atoms with Crippen LogP contribution in [0, 0.1) is 13.8 Å². The Balaban J connectivity index is 1.66. The number of nitrogens with one attached hydrogen (secondary N) is 1. The van der Waals surface area contributed by atoms with Gasteiger partial charge in [-0.05, 0) is 32.9 Å². The van der Waals surface area contributed by atoms with Gasteiger partial charge in [0.25, 0.3) is 0 Å². The summed E-state index contributed by atoms with van der Waals surface area (Å²) in [5.74, 6) is 1.18. The number of nitrogens with zero attached hydrogens (tertiary/aromatic N) is 4. The molecule has 0 saturated heterocycles. The average molecular weight is 327 g/mol. The van der Waals surface area contributed by atoms with E-state index in [0.717, 1.165) is 5.56 Å². The Labute approximate surface area is 138 Å². The van der Waals surface area contributed by atoms with Crippen LogP contribution in [0.25, 0.3) is 11.5 Å². The van der Waals surface area contributed by atoms with Gasteiger partial charge >= 0.3 is 0 Å². The molecular formula is C16H17N5O3. The van der Waals surface area contributed by atoms with Gasteiger partial charge in [-0.1, -0.05) is 16.4 Å². The zero-order valence-electron chi connectivity index (χ0n) is 13.6. The molecule has 0 bridgehead atoms. The van der Waals surface area contributed by atoms with Gasteiger partial charge in [-0.2, -0.15) is 4.98 Å². The highest BCUT2D eigenvalue weighted by molar-refractivity contribution is 5.79. The molecule has 0 aliphatic carbocycles. The molecule has 0 spiro atoms. The van der Waals surface area contributed by atoms with E-state index in [1.165, 1.54) is 0 Å². The van der Waals surface area contributed by atoms with Crippen LogP contribution in [0.3, 0.4) is 0 Å². The Bertz CT molecular complexity index is 821. The van der Waals surface area contributed by atoms with Gasteiger partial charge in [0, 0.05) is 11.8 Å². The van der Waals surface area contributed by atoms with Crippen molar-refractivity contribution in [3.8, 4) is 11.5 Å². The van der Waals surface area contributed by atoms with E-state index in [1.54, 1.807) is 33.0 Å². The molecule has 0 saturated carbocycles. The second kappa shape index (κ2) is 6.61. The maximum atomic E-state index is 12.2. The van der Waals surface area contributed by atoms with E-state index in [2.05, 4.69) is 25.6 Å². The summed E-state index contributed by atoms with van der Waals surface area (Å²) in [5.41, 5.74) is 2.12. The van der Waals surface area contributed by atoms with E-state index in [4.69, 9.17) is 9.05 Å². The largest absolute Gasteiger partial charge is 0.361 e. The molecule has 0 aliphatic heterocycles. The molecule has 3 rings (SSSR count). The summed E-state index contributed by atoms with van der Waals surface area (Å²) >= 11 is 0. The summed E-state index contributed by atoms with van der Waals surface area (Å²) in [6.07, 6.45) is 1.84. The fourth-order valence-electron chi connectivity index (χ4n) is 2.28. The molecule has 0 aromatic carbocycles. The van der Waals surface area contributed by atoms with Gasteiger partial charge in [0.2, 0.25) is 17.6 Å². The fraction of sp³-hybridized carbons (Fsp3) is 0.312. The zero-order valence-corrected chi connectivity index (χ0v) is 13.6. The highest BCUT2D eigenvalue weighted by Crippen LogP contribution is 2.17. The van der Waals surface area contributed by atoms with Gasteiger partial charge in [-0.25, -0.2) is 0 Å². The quantitative estimate of drug-likeness (QED) is 0.765. The third-order valence-corrected chi connectivity index (χ3v) is 3.60. The minimum atomic E-state index is -0.414. The molecule has 1 amide bonds. The lowest BCUT2D eigenvalue weighted by Gasteiger charge is -2.09. The predicted molar refractivity (Wildman–Crippen MR) is 83.8 cm³/mol. The van der Waals surface area contributed by atoms with Crippen LogP contribution in [-0.2, 0) is 11.2 Å². The lowest BCUT2D eigenvalue weighted by atomic mass is 10.1. The molecule has 0 fully saturated rings. The Morgan fingerprint density at radius 1 is 1.25 bits per heavy atom. The van der Waals surface area contributed by atoms with Gasteiger partial charge in [0.1, 0.15) is 17.5 Å². The molecule has 3 heterocycles. The number of hydrogen-bond acceptors (Lipinski definition) is 7. The number of carbonyl (C=O) groups excluding carboxylic acids is 1. The maximum Gasteiger partial charge on any atom is 0.249 e. The van der Waals surface area contributed by atoms with Crippen molar-refractivity contribution in [3.63, 3.8) is 0 Å². The second-order valence-corrected chi connectivity index (χ2v) is 5.44. The van der Waals surface area contributed by atoms with Crippen LogP contribution in [0.2, 0.25) is 0 Å². The molecule has 8 heteroatoms. The van der Waals surface area contributed by atoms with Gasteiger partial charge in [-0.3, -0.25) is 9.78 Å². The van der Waals surface area contributed by atoms with E-state index < -0.39 is 6.04 Å². The summed E-state index contributed by atoms with van der Waals surface area (Å²) < 4.78 is 10.3. The van der Waals surface area contributed by atoms with E-state index in [-0.39, 0.29) is 12.3 Å². The zero-order chi connectivity index (χ0) is 17.1. The van der Waals surface area contributed by atoms with E-state index in [9.17, 15) is 4.79 Å².